The Balaban J connectivity index is 0.000000339. The fraction of sp³-hybridized carbons (Fsp3) is 0.350. The van der Waals surface area contributed by atoms with E-state index >= 15 is 0 Å². The molecule has 0 saturated carbocycles. The molecule has 0 aliphatic carbocycles. The van der Waals surface area contributed by atoms with Crippen LogP contribution in [-0.4, -0.2) is 52.1 Å². The zero-order valence-electron chi connectivity index (χ0n) is 16.5. The van der Waals surface area contributed by atoms with Gasteiger partial charge in [0.1, 0.15) is 10.8 Å². The maximum Gasteiger partial charge on any atom is 0.490 e. The molecule has 2 aromatic heterocycles. The van der Waals surface area contributed by atoms with Gasteiger partial charge in [-0.05, 0) is 6.92 Å². The Labute approximate surface area is 180 Å². The van der Waals surface area contributed by atoms with Crippen LogP contribution in [0.25, 0.3) is 10.6 Å². The number of carboxylic acids is 1. The summed E-state index contributed by atoms with van der Waals surface area (Å²) in [5.41, 5.74) is 3.18. The molecular weight excluding hydrogens is 435 g/mol. The second kappa shape index (κ2) is 10.0. The van der Waals surface area contributed by atoms with Crippen molar-refractivity contribution in [2.75, 3.05) is 19.8 Å². The van der Waals surface area contributed by atoms with Gasteiger partial charge in [0.25, 0.3) is 0 Å². The van der Waals surface area contributed by atoms with E-state index in [4.69, 9.17) is 24.1 Å². The molecule has 166 valence electrons. The van der Waals surface area contributed by atoms with Crippen molar-refractivity contribution in [3.05, 3.63) is 58.9 Å². The van der Waals surface area contributed by atoms with Crippen LogP contribution in [-0.2, 0) is 16.1 Å². The summed E-state index contributed by atoms with van der Waals surface area (Å²) in [6, 6.07) is 12.4. The van der Waals surface area contributed by atoms with Crippen molar-refractivity contribution in [1.82, 2.24) is 15.0 Å². The molecule has 0 amide bonds. The SMILES string of the molecule is Cc1cc(CN2CCOCC2c2csc(-c3ccccc3)n2)no1.O=C(O)C(F)(F)F. The lowest BCUT2D eigenvalue weighted by molar-refractivity contribution is -0.192. The van der Waals surface area contributed by atoms with Gasteiger partial charge in [0, 0.05) is 30.1 Å². The average molecular weight is 455 g/mol. The maximum atomic E-state index is 10.6. The smallest absolute Gasteiger partial charge is 0.475 e. The third-order valence-electron chi connectivity index (χ3n) is 4.41. The molecule has 1 fully saturated rings. The molecule has 0 spiro atoms. The van der Waals surface area contributed by atoms with E-state index in [1.54, 1.807) is 11.3 Å². The standard InChI is InChI=1S/C18H19N3O2S.C2HF3O2/c1-13-9-15(20-23-13)10-21-7-8-22-11-17(21)16-12-24-18(19-16)14-5-3-2-4-6-14;3-2(4,5)1(6)7/h2-6,9,12,17H,7-8,10-11H2,1H3;(H,6,7). The van der Waals surface area contributed by atoms with Crippen molar-refractivity contribution in [2.45, 2.75) is 25.7 Å². The van der Waals surface area contributed by atoms with Gasteiger partial charge in [-0.25, -0.2) is 9.78 Å². The predicted octanol–water partition coefficient (Wildman–Crippen LogP) is 4.31. The fourth-order valence-corrected chi connectivity index (χ4v) is 3.83. The molecule has 7 nitrogen and oxygen atoms in total. The summed E-state index contributed by atoms with van der Waals surface area (Å²) in [4.78, 5) is 16.1. The number of thiazole rings is 1. The van der Waals surface area contributed by atoms with E-state index in [0.717, 1.165) is 47.4 Å². The number of carboxylic acid groups (broad SMARTS) is 1. The van der Waals surface area contributed by atoms with E-state index in [9.17, 15) is 13.2 Å². The first-order valence-corrected chi connectivity index (χ1v) is 10.2. The van der Waals surface area contributed by atoms with Gasteiger partial charge in [-0.15, -0.1) is 11.3 Å². The van der Waals surface area contributed by atoms with Crippen LogP contribution in [0.4, 0.5) is 13.2 Å². The molecular formula is C20H20F3N3O4S. The van der Waals surface area contributed by atoms with Crippen LogP contribution in [0.2, 0.25) is 0 Å². The number of aryl methyl sites for hydroxylation is 1. The Kier molecular flexibility index (Phi) is 7.42. The molecule has 1 aromatic carbocycles. The Morgan fingerprint density at radius 3 is 2.65 bits per heavy atom. The average Bonchev–Trinajstić information content (AvgIpc) is 3.38. The van der Waals surface area contributed by atoms with Gasteiger partial charge < -0.3 is 14.4 Å². The van der Waals surface area contributed by atoms with Crippen molar-refractivity contribution in [3.63, 3.8) is 0 Å². The van der Waals surface area contributed by atoms with Crippen molar-refractivity contribution in [2.24, 2.45) is 0 Å². The minimum Gasteiger partial charge on any atom is -0.475 e. The number of morpholine rings is 1. The van der Waals surface area contributed by atoms with Crippen molar-refractivity contribution in [3.8, 4) is 10.6 Å². The number of carbonyl (C=O) groups is 1. The van der Waals surface area contributed by atoms with Crippen LogP contribution < -0.4 is 0 Å². The lowest BCUT2D eigenvalue weighted by atomic mass is 10.1. The monoisotopic (exact) mass is 455 g/mol. The normalized spacial score (nSPS) is 17.1. The van der Waals surface area contributed by atoms with Gasteiger partial charge in [-0.3, -0.25) is 4.90 Å². The summed E-state index contributed by atoms with van der Waals surface area (Å²) in [5, 5.41) is 14.4. The van der Waals surface area contributed by atoms with Crippen LogP contribution in [0.3, 0.4) is 0 Å². The molecule has 4 rings (SSSR count). The lowest BCUT2D eigenvalue weighted by Crippen LogP contribution is -2.39. The number of halogens is 3. The molecule has 1 aliphatic heterocycles. The molecule has 0 radical (unpaired) electrons. The highest BCUT2D eigenvalue weighted by Crippen LogP contribution is 2.31. The molecule has 0 bridgehead atoms. The van der Waals surface area contributed by atoms with E-state index in [0.29, 0.717) is 6.61 Å². The van der Waals surface area contributed by atoms with Gasteiger partial charge >= 0.3 is 12.1 Å². The molecule has 1 N–H and O–H groups in total. The van der Waals surface area contributed by atoms with Crippen LogP contribution >= 0.6 is 11.3 Å². The number of hydrogen-bond donors (Lipinski definition) is 1. The first kappa shape index (κ1) is 22.9. The van der Waals surface area contributed by atoms with E-state index in [1.165, 1.54) is 0 Å². The summed E-state index contributed by atoms with van der Waals surface area (Å²) in [7, 11) is 0. The van der Waals surface area contributed by atoms with E-state index in [2.05, 4.69) is 27.6 Å². The minimum atomic E-state index is -5.08. The Morgan fingerprint density at radius 2 is 2.03 bits per heavy atom. The van der Waals surface area contributed by atoms with Crippen molar-refractivity contribution >= 4 is 17.3 Å². The molecule has 1 saturated heterocycles. The number of aliphatic carboxylic acids is 1. The lowest BCUT2D eigenvalue weighted by Gasteiger charge is -2.33. The van der Waals surface area contributed by atoms with Gasteiger partial charge in [-0.2, -0.15) is 13.2 Å². The van der Waals surface area contributed by atoms with Crippen LogP contribution in [0.15, 0.2) is 46.3 Å². The Bertz CT molecular complexity index is 991. The summed E-state index contributed by atoms with van der Waals surface area (Å²) in [5.74, 6) is -1.91. The quantitative estimate of drug-likeness (QED) is 0.627. The van der Waals surface area contributed by atoms with Crippen molar-refractivity contribution < 1.29 is 32.3 Å². The molecule has 31 heavy (non-hydrogen) atoms. The highest BCUT2D eigenvalue weighted by molar-refractivity contribution is 7.13. The summed E-state index contributed by atoms with van der Waals surface area (Å²) < 4.78 is 42.6. The Morgan fingerprint density at radius 1 is 1.32 bits per heavy atom. The fourth-order valence-electron chi connectivity index (χ4n) is 2.95. The first-order valence-electron chi connectivity index (χ1n) is 9.29. The maximum absolute atomic E-state index is 10.6. The second-order valence-corrected chi connectivity index (χ2v) is 7.59. The van der Waals surface area contributed by atoms with Gasteiger partial charge in [0.15, 0.2) is 0 Å². The molecule has 3 heterocycles. The zero-order chi connectivity index (χ0) is 22.4. The topological polar surface area (TPSA) is 88.7 Å². The third-order valence-corrected chi connectivity index (χ3v) is 5.32. The molecule has 1 unspecified atom stereocenters. The Hall–Kier alpha value is -2.76. The first-order chi connectivity index (χ1) is 14.7. The van der Waals surface area contributed by atoms with E-state index in [1.807, 2.05) is 31.2 Å². The number of alkyl halides is 3. The number of nitrogens with zero attached hydrogens (tertiary/aromatic N) is 3. The summed E-state index contributed by atoms with van der Waals surface area (Å²) >= 11 is 1.68. The van der Waals surface area contributed by atoms with Crippen LogP contribution in [0, 0.1) is 6.92 Å². The number of rotatable bonds is 4. The molecule has 1 atom stereocenters. The largest absolute Gasteiger partial charge is 0.490 e. The van der Waals surface area contributed by atoms with Gasteiger partial charge in [0.2, 0.25) is 0 Å². The third kappa shape index (κ3) is 6.36. The van der Waals surface area contributed by atoms with E-state index < -0.39 is 12.1 Å². The second-order valence-electron chi connectivity index (χ2n) is 6.74. The molecule has 1 aliphatic rings. The highest BCUT2D eigenvalue weighted by Gasteiger charge is 2.38. The number of benzene rings is 1. The van der Waals surface area contributed by atoms with E-state index in [-0.39, 0.29) is 6.04 Å². The minimum absolute atomic E-state index is 0.157. The highest BCUT2D eigenvalue weighted by atomic mass is 32.1. The molecule has 11 heteroatoms. The van der Waals surface area contributed by atoms with Gasteiger partial charge in [-0.1, -0.05) is 35.5 Å². The van der Waals surface area contributed by atoms with Crippen molar-refractivity contribution in [1.29, 1.82) is 0 Å². The summed E-state index contributed by atoms with van der Waals surface area (Å²) in [6.45, 7) is 4.94. The number of ether oxygens (including phenoxy) is 1. The number of hydrogen-bond acceptors (Lipinski definition) is 7. The number of aromatic nitrogens is 2. The predicted molar refractivity (Wildman–Crippen MR) is 106 cm³/mol. The van der Waals surface area contributed by atoms with Gasteiger partial charge in [0.05, 0.1) is 30.6 Å². The zero-order valence-corrected chi connectivity index (χ0v) is 17.3. The van der Waals surface area contributed by atoms with Crippen LogP contribution in [0.5, 0.6) is 0 Å². The van der Waals surface area contributed by atoms with Crippen LogP contribution in [0.1, 0.15) is 23.2 Å². The summed E-state index contributed by atoms with van der Waals surface area (Å²) in [6.07, 6.45) is -5.08. The molecule has 3 aromatic rings.